The van der Waals surface area contributed by atoms with Gasteiger partial charge >= 0.3 is 5.97 Å². The molecule has 0 aliphatic carbocycles. The fourth-order valence-corrected chi connectivity index (χ4v) is 2.43. The third kappa shape index (κ3) is 5.02. The highest BCUT2D eigenvalue weighted by atomic mass is 16.5. The molecule has 7 nitrogen and oxygen atoms in total. The Bertz CT molecular complexity index is 822. The summed E-state index contributed by atoms with van der Waals surface area (Å²) in [5, 5.41) is 7.20. The lowest BCUT2D eigenvalue weighted by Gasteiger charge is -2.08. The van der Waals surface area contributed by atoms with Gasteiger partial charge in [-0.1, -0.05) is 17.7 Å². The van der Waals surface area contributed by atoms with Crippen molar-refractivity contribution in [2.45, 2.75) is 40.5 Å². The molecule has 0 saturated carbocycles. The number of carbonyl (C=O) groups excluding carboxylic acids is 3. The van der Waals surface area contributed by atoms with Gasteiger partial charge in [-0.05, 0) is 39.8 Å². The third-order valence-corrected chi connectivity index (χ3v) is 3.88. The summed E-state index contributed by atoms with van der Waals surface area (Å²) >= 11 is 0. The van der Waals surface area contributed by atoms with E-state index >= 15 is 0 Å². The van der Waals surface area contributed by atoms with E-state index in [0.29, 0.717) is 11.4 Å². The van der Waals surface area contributed by atoms with E-state index in [1.54, 1.807) is 11.6 Å². The van der Waals surface area contributed by atoms with Crippen LogP contribution in [-0.2, 0) is 19.1 Å². The largest absolute Gasteiger partial charge is 0.456 e. The first-order valence-corrected chi connectivity index (χ1v) is 8.36. The van der Waals surface area contributed by atoms with Crippen LogP contribution in [0.2, 0.25) is 0 Å². The molecule has 1 heterocycles. The van der Waals surface area contributed by atoms with Gasteiger partial charge in [-0.3, -0.25) is 9.59 Å². The first-order chi connectivity index (χ1) is 12.3. The number of rotatable bonds is 7. The van der Waals surface area contributed by atoms with Gasteiger partial charge in [-0.25, -0.2) is 4.68 Å². The molecule has 1 amide bonds. The average Bonchev–Trinajstić information content (AvgIpc) is 2.87. The van der Waals surface area contributed by atoms with Crippen LogP contribution in [0.3, 0.4) is 0 Å². The number of hydrogen-bond acceptors (Lipinski definition) is 5. The first-order valence-electron chi connectivity index (χ1n) is 8.36. The lowest BCUT2D eigenvalue weighted by molar-refractivity contribution is -0.148. The lowest BCUT2D eigenvalue weighted by atomic mass is 10.2. The summed E-state index contributed by atoms with van der Waals surface area (Å²) in [5.74, 6) is -1.11. The van der Waals surface area contributed by atoms with Crippen molar-refractivity contribution < 1.29 is 19.1 Å². The number of benzene rings is 1. The van der Waals surface area contributed by atoms with Crippen molar-refractivity contribution in [1.82, 2.24) is 9.78 Å². The van der Waals surface area contributed by atoms with Gasteiger partial charge in [0.2, 0.25) is 0 Å². The first kappa shape index (κ1) is 19.4. The normalized spacial score (nSPS) is 10.5. The van der Waals surface area contributed by atoms with Crippen molar-refractivity contribution in [2.24, 2.45) is 0 Å². The summed E-state index contributed by atoms with van der Waals surface area (Å²) in [6, 6.07) is 7.89. The van der Waals surface area contributed by atoms with Crippen molar-refractivity contribution in [3.8, 4) is 5.69 Å². The van der Waals surface area contributed by atoms with Gasteiger partial charge in [-0.2, -0.15) is 5.10 Å². The minimum absolute atomic E-state index is 0.0218. The van der Waals surface area contributed by atoms with E-state index in [9.17, 15) is 14.4 Å². The molecule has 138 valence electrons. The van der Waals surface area contributed by atoms with Crippen LogP contribution in [0.5, 0.6) is 0 Å². The number of amides is 1. The standard InChI is InChI=1S/C19H23N3O4/c1-12-5-8-16(9-6-12)22-15(4)19(14(3)21-22)20-17(24)11-26-18(25)10-7-13(2)23/h5-6,8-9H,7,10-11H2,1-4H3,(H,20,24). The molecule has 0 radical (unpaired) electrons. The highest BCUT2D eigenvalue weighted by Gasteiger charge is 2.16. The second kappa shape index (κ2) is 8.42. The van der Waals surface area contributed by atoms with Crippen LogP contribution in [0.25, 0.3) is 5.69 Å². The zero-order chi connectivity index (χ0) is 19.3. The quantitative estimate of drug-likeness (QED) is 0.769. The van der Waals surface area contributed by atoms with Gasteiger partial charge in [0.05, 0.1) is 29.2 Å². The number of aryl methyl sites for hydroxylation is 2. The Morgan fingerprint density at radius 3 is 2.35 bits per heavy atom. The molecule has 0 spiro atoms. The molecule has 7 heteroatoms. The van der Waals surface area contributed by atoms with Gasteiger partial charge in [-0.15, -0.1) is 0 Å². The zero-order valence-corrected chi connectivity index (χ0v) is 15.5. The van der Waals surface area contributed by atoms with Crippen molar-refractivity contribution in [3.63, 3.8) is 0 Å². The molecule has 1 aromatic carbocycles. The fourth-order valence-electron chi connectivity index (χ4n) is 2.43. The molecule has 2 aromatic rings. The number of nitrogens with zero attached hydrogens (tertiary/aromatic N) is 2. The number of ether oxygens (including phenoxy) is 1. The Morgan fingerprint density at radius 1 is 1.08 bits per heavy atom. The molecule has 0 aliphatic heterocycles. The minimum Gasteiger partial charge on any atom is -0.456 e. The maximum absolute atomic E-state index is 12.1. The molecule has 0 saturated heterocycles. The number of esters is 1. The summed E-state index contributed by atoms with van der Waals surface area (Å²) in [7, 11) is 0. The molecule has 1 N–H and O–H groups in total. The monoisotopic (exact) mass is 357 g/mol. The summed E-state index contributed by atoms with van der Waals surface area (Å²) in [4.78, 5) is 34.4. The Balaban J connectivity index is 2.01. The predicted octanol–water partition coefficient (Wildman–Crippen LogP) is 2.65. The predicted molar refractivity (Wildman–Crippen MR) is 97.3 cm³/mol. The van der Waals surface area contributed by atoms with Gasteiger partial charge in [0.1, 0.15) is 5.78 Å². The number of ketones is 1. The highest BCUT2D eigenvalue weighted by molar-refractivity contribution is 5.94. The average molecular weight is 357 g/mol. The van der Waals surface area contributed by atoms with Crippen LogP contribution in [0.4, 0.5) is 5.69 Å². The van der Waals surface area contributed by atoms with Crippen LogP contribution in [0.1, 0.15) is 36.7 Å². The number of aromatic nitrogens is 2. The molecule has 2 rings (SSSR count). The molecule has 0 unspecified atom stereocenters. The van der Waals surface area contributed by atoms with E-state index < -0.39 is 18.5 Å². The van der Waals surface area contributed by atoms with E-state index in [-0.39, 0.29) is 18.6 Å². The van der Waals surface area contributed by atoms with Crippen molar-refractivity contribution in [3.05, 3.63) is 41.2 Å². The van der Waals surface area contributed by atoms with E-state index in [4.69, 9.17) is 4.74 Å². The van der Waals surface area contributed by atoms with Gasteiger partial charge in [0.25, 0.3) is 5.91 Å². The number of nitrogens with one attached hydrogen (secondary N) is 1. The van der Waals surface area contributed by atoms with Crippen LogP contribution < -0.4 is 5.32 Å². The summed E-state index contributed by atoms with van der Waals surface area (Å²) in [6.07, 6.45) is 0.0913. The van der Waals surface area contributed by atoms with Crippen LogP contribution in [0.15, 0.2) is 24.3 Å². The van der Waals surface area contributed by atoms with Gasteiger partial charge in [0.15, 0.2) is 6.61 Å². The lowest BCUT2D eigenvalue weighted by Crippen LogP contribution is -2.21. The van der Waals surface area contributed by atoms with Crippen molar-refractivity contribution >= 4 is 23.3 Å². The summed E-state index contributed by atoms with van der Waals surface area (Å²) < 4.78 is 6.63. The number of Topliss-reactive ketones (excluding diaryl/α,β-unsaturated/α-hetero) is 1. The molecule has 0 atom stereocenters. The second-order valence-electron chi connectivity index (χ2n) is 6.20. The summed E-state index contributed by atoms with van der Waals surface area (Å²) in [6.45, 7) is 6.66. The Labute approximate surface area is 152 Å². The fraction of sp³-hybridized carbons (Fsp3) is 0.368. The van der Waals surface area contributed by atoms with Crippen LogP contribution in [0, 0.1) is 20.8 Å². The van der Waals surface area contributed by atoms with Crippen LogP contribution in [-0.4, -0.2) is 34.0 Å². The molecule has 0 fully saturated rings. The third-order valence-electron chi connectivity index (χ3n) is 3.88. The molecular formula is C19H23N3O4. The van der Waals surface area contributed by atoms with Gasteiger partial charge < -0.3 is 14.8 Å². The molecule has 1 aromatic heterocycles. The van der Waals surface area contributed by atoms with Crippen molar-refractivity contribution in [1.29, 1.82) is 0 Å². The Morgan fingerprint density at radius 2 is 1.73 bits per heavy atom. The smallest absolute Gasteiger partial charge is 0.306 e. The number of anilines is 1. The maximum Gasteiger partial charge on any atom is 0.306 e. The topological polar surface area (TPSA) is 90.3 Å². The van der Waals surface area contributed by atoms with E-state index in [1.165, 1.54) is 6.92 Å². The Hall–Kier alpha value is -2.96. The second-order valence-corrected chi connectivity index (χ2v) is 6.20. The molecule has 26 heavy (non-hydrogen) atoms. The van der Waals surface area contributed by atoms with Crippen LogP contribution >= 0.6 is 0 Å². The number of carbonyl (C=O) groups is 3. The van der Waals surface area contributed by atoms with Crippen molar-refractivity contribution in [2.75, 3.05) is 11.9 Å². The SMILES string of the molecule is CC(=O)CCC(=O)OCC(=O)Nc1c(C)nn(-c2ccc(C)cc2)c1C. The van der Waals surface area contributed by atoms with E-state index in [1.807, 2.05) is 38.1 Å². The molecular weight excluding hydrogens is 334 g/mol. The Kier molecular flexibility index (Phi) is 6.27. The maximum atomic E-state index is 12.1. The minimum atomic E-state index is -0.570. The van der Waals surface area contributed by atoms with Gasteiger partial charge in [0, 0.05) is 6.42 Å². The highest BCUT2D eigenvalue weighted by Crippen LogP contribution is 2.23. The molecule has 0 aliphatic rings. The number of hydrogen-bond donors (Lipinski definition) is 1. The molecule has 0 bridgehead atoms. The van der Waals surface area contributed by atoms with E-state index in [0.717, 1.165) is 16.9 Å². The van der Waals surface area contributed by atoms with E-state index in [2.05, 4.69) is 10.4 Å². The zero-order valence-electron chi connectivity index (χ0n) is 15.5. The summed E-state index contributed by atoms with van der Waals surface area (Å²) in [5.41, 5.74) is 4.08.